The van der Waals surface area contributed by atoms with E-state index >= 15 is 0 Å². The summed E-state index contributed by atoms with van der Waals surface area (Å²) in [4.78, 5) is 0. The predicted octanol–water partition coefficient (Wildman–Crippen LogP) is 4.25. The monoisotopic (exact) mass is 259 g/mol. The van der Waals surface area contributed by atoms with Crippen LogP contribution in [0, 0.1) is 13.8 Å². The minimum Gasteiger partial charge on any atom is -0.309 e. The Labute approximate surface area is 114 Å². The van der Waals surface area contributed by atoms with Gasteiger partial charge in [-0.15, -0.1) is 0 Å². The molecule has 0 atom stereocenters. The Bertz CT molecular complexity index is 534. The number of rotatable bonds is 4. The lowest BCUT2D eigenvalue weighted by Crippen LogP contribution is -2.13. The van der Waals surface area contributed by atoms with Crippen LogP contribution in [0.4, 0.5) is 0 Å². The third kappa shape index (κ3) is 3.59. The SMILES string of the molecule is Cc1ccc(CNCc2cccc(Cl)c2)c(C)c1. The molecular weight excluding hydrogens is 242 g/mol. The Hall–Kier alpha value is -1.31. The van der Waals surface area contributed by atoms with Crippen LogP contribution in [-0.4, -0.2) is 0 Å². The maximum atomic E-state index is 5.96. The molecule has 0 saturated heterocycles. The molecule has 0 heterocycles. The molecule has 0 spiro atoms. The molecular formula is C16H18ClN. The van der Waals surface area contributed by atoms with Gasteiger partial charge >= 0.3 is 0 Å². The van der Waals surface area contributed by atoms with E-state index in [9.17, 15) is 0 Å². The molecule has 2 rings (SSSR count). The van der Waals surface area contributed by atoms with E-state index in [0.717, 1.165) is 18.1 Å². The zero-order chi connectivity index (χ0) is 13.0. The summed E-state index contributed by atoms with van der Waals surface area (Å²) < 4.78 is 0. The fourth-order valence-electron chi connectivity index (χ4n) is 2.03. The van der Waals surface area contributed by atoms with Gasteiger partial charge < -0.3 is 5.32 Å². The lowest BCUT2D eigenvalue weighted by molar-refractivity contribution is 0.690. The fraction of sp³-hybridized carbons (Fsp3) is 0.250. The number of aryl methyl sites for hydroxylation is 2. The summed E-state index contributed by atoms with van der Waals surface area (Å²) in [5.74, 6) is 0. The molecule has 0 aliphatic heterocycles. The summed E-state index contributed by atoms with van der Waals surface area (Å²) in [5.41, 5.74) is 5.22. The van der Waals surface area contributed by atoms with Crippen molar-refractivity contribution in [3.05, 3.63) is 69.7 Å². The highest BCUT2D eigenvalue weighted by molar-refractivity contribution is 6.30. The highest BCUT2D eigenvalue weighted by Crippen LogP contribution is 2.12. The molecule has 0 saturated carbocycles. The van der Waals surface area contributed by atoms with Gasteiger partial charge in [0.15, 0.2) is 0 Å². The second kappa shape index (κ2) is 6.03. The summed E-state index contributed by atoms with van der Waals surface area (Å²) in [6.07, 6.45) is 0. The topological polar surface area (TPSA) is 12.0 Å². The van der Waals surface area contributed by atoms with Crippen LogP contribution in [-0.2, 0) is 13.1 Å². The van der Waals surface area contributed by atoms with Gasteiger partial charge in [0, 0.05) is 18.1 Å². The Morgan fingerprint density at radius 3 is 2.56 bits per heavy atom. The first-order valence-corrected chi connectivity index (χ1v) is 6.54. The lowest BCUT2D eigenvalue weighted by Gasteiger charge is -2.09. The second-order valence-corrected chi connectivity index (χ2v) is 5.10. The molecule has 2 aromatic rings. The van der Waals surface area contributed by atoms with E-state index in [1.54, 1.807) is 0 Å². The molecule has 0 amide bonds. The van der Waals surface area contributed by atoms with Crippen molar-refractivity contribution in [3.63, 3.8) is 0 Å². The molecule has 0 bridgehead atoms. The maximum absolute atomic E-state index is 5.96. The van der Waals surface area contributed by atoms with Gasteiger partial charge in [0.05, 0.1) is 0 Å². The van der Waals surface area contributed by atoms with Crippen molar-refractivity contribution in [2.24, 2.45) is 0 Å². The lowest BCUT2D eigenvalue weighted by atomic mass is 10.1. The molecule has 18 heavy (non-hydrogen) atoms. The van der Waals surface area contributed by atoms with Crippen LogP contribution in [0.15, 0.2) is 42.5 Å². The molecule has 94 valence electrons. The number of nitrogens with one attached hydrogen (secondary N) is 1. The fourth-order valence-corrected chi connectivity index (χ4v) is 2.25. The van der Waals surface area contributed by atoms with Crippen molar-refractivity contribution in [1.82, 2.24) is 5.32 Å². The van der Waals surface area contributed by atoms with E-state index in [1.165, 1.54) is 22.3 Å². The Kier molecular flexibility index (Phi) is 4.40. The van der Waals surface area contributed by atoms with Gasteiger partial charge in [-0.1, -0.05) is 47.5 Å². The first-order chi connectivity index (χ1) is 8.65. The summed E-state index contributed by atoms with van der Waals surface area (Å²) in [6, 6.07) is 14.5. The van der Waals surface area contributed by atoms with Crippen molar-refractivity contribution in [2.75, 3.05) is 0 Å². The molecule has 2 heteroatoms. The molecule has 0 fully saturated rings. The first-order valence-electron chi connectivity index (χ1n) is 6.16. The normalized spacial score (nSPS) is 10.6. The highest BCUT2D eigenvalue weighted by atomic mass is 35.5. The van der Waals surface area contributed by atoms with Gasteiger partial charge in [0.2, 0.25) is 0 Å². The van der Waals surface area contributed by atoms with Crippen LogP contribution >= 0.6 is 11.6 Å². The van der Waals surface area contributed by atoms with Gasteiger partial charge in [0.1, 0.15) is 0 Å². The van der Waals surface area contributed by atoms with Crippen molar-refractivity contribution >= 4 is 11.6 Å². The van der Waals surface area contributed by atoms with E-state index in [1.807, 2.05) is 18.2 Å². The van der Waals surface area contributed by atoms with Crippen LogP contribution in [0.3, 0.4) is 0 Å². The number of halogens is 1. The summed E-state index contributed by atoms with van der Waals surface area (Å²) in [6.45, 7) is 6.01. The first kappa shape index (κ1) is 13.1. The predicted molar refractivity (Wildman–Crippen MR) is 77.9 cm³/mol. The summed E-state index contributed by atoms with van der Waals surface area (Å²) >= 11 is 5.96. The number of hydrogen-bond acceptors (Lipinski definition) is 1. The molecule has 0 unspecified atom stereocenters. The standard InChI is InChI=1S/C16H18ClN/c1-12-6-7-15(13(2)8-12)11-18-10-14-4-3-5-16(17)9-14/h3-9,18H,10-11H2,1-2H3. The quantitative estimate of drug-likeness (QED) is 0.866. The van der Waals surface area contributed by atoms with E-state index in [-0.39, 0.29) is 0 Å². The van der Waals surface area contributed by atoms with E-state index in [4.69, 9.17) is 11.6 Å². The van der Waals surface area contributed by atoms with Gasteiger partial charge in [-0.2, -0.15) is 0 Å². The van der Waals surface area contributed by atoms with E-state index in [0.29, 0.717) is 0 Å². The van der Waals surface area contributed by atoms with Crippen molar-refractivity contribution < 1.29 is 0 Å². The van der Waals surface area contributed by atoms with E-state index < -0.39 is 0 Å². The van der Waals surface area contributed by atoms with Crippen molar-refractivity contribution in [1.29, 1.82) is 0 Å². The number of benzene rings is 2. The zero-order valence-corrected chi connectivity index (χ0v) is 11.6. The molecule has 0 aliphatic carbocycles. The third-order valence-corrected chi connectivity index (χ3v) is 3.27. The van der Waals surface area contributed by atoms with Gasteiger partial charge in [-0.05, 0) is 42.7 Å². The van der Waals surface area contributed by atoms with Gasteiger partial charge in [-0.3, -0.25) is 0 Å². The maximum Gasteiger partial charge on any atom is 0.0409 e. The average molecular weight is 260 g/mol. The minimum atomic E-state index is 0.792. The molecule has 1 N–H and O–H groups in total. The van der Waals surface area contributed by atoms with Gasteiger partial charge in [0.25, 0.3) is 0 Å². The molecule has 0 aliphatic rings. The average Bonchev–Trinajstić information content (AvgIpc) is 2.32. The van der Waals surface area contributed by atoms with Crippen molar-refractivity contribution in [3.8, 4) is 0 Å². The Balaban J connectivity index is 1.92. The largest absolute Gasteiger partial charge is 0.309 e. The van der Waals surface area contributed by atoms with Crippen LogP contribution in [0.25, 0.3) is 0 Å². The van der Waals surface area contributed by atoms with Crippen LogP contribution in [0.2, 0.25) is 5.02 Å². The molecule has 1 nitrogen and oxygen atoms in total. The third-order valence-electron chi connectivity index (χ3n) is 3.03. The molecule has 0 aromatic heterocycles. The minimum absolute atomic E-state index is 0.792. The molecule has 2 aromatic carbocycles. The van der Waals surface area contributed by atoms with Crippen molar-refractivity contribution in [2.45, 2.75) is 26.9 Å². The Morgan fingerprint density at radius 2 is 1.83 bits per heavy atom. The van der Waals surface area contributed by atoms with Crippen LogP contribution in [0.5, 0.6) is 0 Å². The van der Waals surface area contributed by atoms with E-state index in [2.05, 4.69) is 43.4 Å². The van der Waals surface area contributed by atoms with Crippen LogP contribution < -0.4 is 5.32 Å². The van der Waals surface area contributed by atoms with Crippen LogP contribution in [0.1, 0.15) is 22.3 Å². The second-order valence-electron chi connectivity index (χ2n) is 4.66. The van der Waals surface area contributed by atoms with Gasteiger partial charge in [-0.25, -0.2) is 0 Å². The smallest absolute Gasteiger partial charge is 0.0409 e. The molecule has 0 radical (unpaired) electrons. The Morgan fingerprint density at radius 1 is 1.00 bits per heavy atom. The summed E-state index contributed by atoms with van der Waals surface area (Å²) in [7, 11) is 0. The highest BCUT2D eigenvalue weighted by Gasteiger charge is 1.99. The zero-order valence-electron chi connectivity index (χ0n) is 10.8. The summed E-state index contributed by atoms with van der Waals surface area (Å²) in [5, 5.41) is 4.24. The number of hydrogen-bond donors (Lipinski definition) is 1.